The van der Waals surface area contributed by atoms with Gasteiger partial charge in [0.2, 0.25) is 5.79 Å². The molecule has 0 amide bonds. The van der Waals surface area contributed by atoms with Gasteiger partial charge in [0.05, 0.1) is 29.8 Å². The summed E-state index contributed by atoms with van der Waals surface area (Å²) in [7, 11) is 0. The van der Waals surface area contributed by atoms with Gasteiger partial charge in [-0.15, -0.1) is 0 Å². The quantitative estimate of drug-likeness (QED) is 0.188. The van der Waals surface area contributed by atoms with Gasteiger partial charge in [0.25, 0.3) is 0 Å². The minimum Gasteiger partial charge on any atom is -0.462 e. The molecule has 0 bridgehead atoms. The van der Waals surface area contributed by atoms with Crippen LogP contribution in [0.3, 0.4) is 0 Å². The monoisotopic (exact) mass is 634 g/mol. The molecule has 3 aliphatic heterocycles. The molecular weight excluding hydrogens is 588 g/mol. The topological polar surface area (TPSA) is 185 Å². The van der Waals surface area contributed by atoms with Crippen LogP contribution in [0.2, 0.25) is 0 Å². The molecule has 0 aromatic carbocycles. The van der Waals surface area contributed by atoms with Gasteiger partial charge in [-0.2, -0.15) is 0 Å². The molecule has 3 saturated heterocycles. The molecule has 0 aromatic rings. The summed E-state index contributed by atoms with van der Waals surface area (Å²) in [5.41, 5.74) is -5.25. The zero-order valence-corrected chi connectivity index (χ0v) is 27.0. The lowest BCUT2D eigenvalue weighted by atomic mass is 9.39. The summed E-state index contributed by atoms with van der Waals surface area (Å²) < 4.78 is 30.2. The summed E-state index contributed by atoms with van der Waals surface area (Å²) in [6, 6.07) is 0. The Hall–Kier alpha value is -1.83. The number of esters is 3. The van der Waals surface area contributed by atoms with Gasteiger partial charge < -0.3 is 44.1 Å². The lowest BCUT2D eigenvalue weighted by Crippen LogP contribution is -2.73. The van der Waals surface area contributed by atoms with Crippen LogP contribution in [0.15, 0.2) is 0 Å². The minimum absolute atomic E-state index is 0.204. The highest BCUT2D eigenvalue weighted by Crippen LogP contribution is 2.81. The third-order valence-corrected chi connectivity index (χ3v) is 15.0. The van der Waals surface area contributed by atoms with Crippen LogP contribution in [0.5, 0.6) is 0 Å². The molecule has 12 nitrogen and oxygen atoms in total. The van der Waals surface area contributed by atoms with E-state index in [0.717, 1.165) is 0 Å². The molecule has 0 radical (unpaired) electrons. The van der Waals surface area contributed by atoms with Crippen LogP contribution in [0, 0.1) is 63.6 Å². The summed E-state index contributed by atoms with van der Waals surface area (Å²) >= 11 is 0. The van der Waals surface area contributed by atoms with Gasteiger partial charge in [0.15, 0.2) is 5.60 Å². The van der Waals surface area contributed by atoms with E-state index in [4.69, 9.17) is 23.7 Å². The standard InChI is InChI=1S/C33H46O12/c1-10-17-16(22(37)21(36)14-9-15-24(43-15)27(29(14,17)5)42-13(4)35)19-23(38)20-18(30(19,6)25(10)41-12(3)34)11(2)26-33(44-26)31(20,7)32(8,40)28(39)45-33/h10-11,14-27,36-38,40H,9H2,1-8H3/t10-,11-,14+,15-,16+,17-,18-,19+,20-,21-,22+,23+,24-,25-,26-,27-,29-,30+,31-,32+,33+/m0/s1. The van der Waals surface area contributed by atoms with Crippen LogP contribution >= 0.6 is 0 Å². The summed E-state index contributed by atoms with van der Waals surface area (Å²) in [6.07, 6.45) is -5.79. The molecule has 8 rings (SSSR count). The zero-order chi connectivity index (χ0) is 32.7. The Bertz CT molecular complexity index is 1380. The number of carbonyl (C=O) groups excluding carboxylic acids is 3. The average molecular weight is 635 g/mol. The highest BCUT2D eigenvalue weighted by Gasteiger charge is 2.92. The maximum atomic E-state index is 13.2. The van der Waals surface area contributed by atoms with Crippen LogP contribution in [0.4, 0.5) is 0 Å². The molecule has 3 heterocycles. The summed E-state index contributed by atoms with van der Waals surface area (Å²) in [4.78, 5) is 38.6. The summed E-state index contributed by atoms with van der Waals surface area (Å²) in [5.74, 6) is -7.51. The zero-order valence-electron chi connectivity index (χ0n) is 27.0. The first-order chi connectivity index (χ1) is 20.8. The van der Waals surface area contributed by atoms with Crippen molar-refractivity contribution in [2.45, 2.75) is 122 Å². The molecule has 21 atom stereocenters. The third kappa shape index (κ3) is 3.10. The van der Waals surface area contributed by atoms with E-state index in [1.807, 2.05) is 27.7 Å². The first kappa shape index (κ1) is 30.5. The number of ether oxygens (including phenoxy) is 5. The Kier molecular flexibility index (Phi) is 5.83. The molecule has 8 aliphatic rings. The van der Waals surface area contributed by atoms with Crippen LogP contribution < -0.4 is 0 Å². The molecule has 5 aliphatic carbocycles. The largest absolute Gasteiger partial charge is 0.462 e. The van der Waals surface area contributed by atoms with Crippen molar-refractivity contribution in [3.8, 4) is 0 Å². The van der Waals surface area contributed by atoms with E-state index >= 15 is 0 Å². The van der Waals surface area contributed by atoms with Crippen molar-refractivity contribution in [1.29, 1.82) is 0 Å². The highest BCUT2D eigenvalue weighted by molar-refractivity contribution is 5.84. The fourth-order valence-electron chi connectivity index (χ4n) is 13.4. The van der Waals surface area contributed by atoms with Gasteiger partial charge in [0, 0.05) is 30.6 Å². The smallest absolute Gasteiger partial charge is 0.341 e. The third-order valence-electron chi connectivity index (χ3n) is 15.0. The first-order valence-electron chi connectivity index (χ1n) is 16.5. The van der Waals surface area contributed by atoms with E-state index in [1.54, 1.807) is 6.92 Å². The second-order valence-corrected chi connectivity index (χ2v) is 16.5. The fourth-order valence-corrected chi connectivity index (χ4v) is 13.4. The fraction of sp³-hybridized carbons (Fsp3) is 0.909. The molecule has 0 unspecified atom stereocenters. The molecule has 250 valence electrons. The summed E-state index contributed by atoms with van der Waals surface area (Å²) in [5, 5.41) is 48.6. The SMILES string of the molecule is CC(=O)O[C@H]1[C@@H](C)[C@H]2[C@@H]([C@@H](O)[C@@H](O)[C@H]3C[C@@H]4O[C@@H]4[C@H](OC(C)=O)[C@]23C)[C@@H]2[C@@H](O)[C@@H]3[C@H]([C@H](C)[C@@H]4O[C@@]45OC(=O)[C@@](C)(O)[C@]35C)[C@]21C. The maximum Gasteiger partial charge on any atom is 0.341 e. The van der Waals surface area contributed by atoms with E-state index in [9.17, 15) is 34.8 Å². The average Bonchev–Trinajstić information content (AvgIpc) is 3.84. The van der Waals surface area contributed by atoms with Crippen LogP contribution in [0.25, 0.3) is 0 Å². The number of hydrogen-bond donors (Lipinski definition) is 4. The number of fused-ring (bicyclic) bond motifs is 9. The maximum absolute atomic E-state index is 13.2. The first-order valence-corrected chi connectivity index (χ1v) is 16.5. The lowest BCUT2D eigenvalue weighted by Gasteiger charge is -2.67. The second kappa shape index (κ2) is 8.60. The van der Waals surface area contributed by atoms with Crippen molar-refractivity contribution in [3.63, 3.8) is 0 Å². The van der Waals surface area contributed by atoms with E-state index in [2.05, 4.69) is 0 Å². The van der Waals surface area contributed by atoms with Crippen LogP contribution in [-0.2, 0) is 38.1 Å². The predicted octanol–water partition coefficient (Wildman–Crippen LogP) is 0.549. The van der Waals surface area contributed by atoms with Crippen molar-refractivity contribution in [1.82, 2.24) is 0 Å². The van der Waals surface area contributed by atoms with Crippen molar-refractivity contribution >= 4 is 17.9 Å². The molecular formula is C33H46O12. The second-order valence-electron chi connectivity index (χ2n) is 16.5. The summed E-state index contributed by atoms with van der Waals surface area (Å²) in [6.45, 7) is 13.7. The molecule has 5 saturated carbocycles. The van der Waals surface area contributed by atoms with E-state index in [1.165, 1.54) is 20.8 Å². The van der Waals surface area contributed by atoms with Gasteiger partial charge in [-0.1, -0.05) is 27.7 Å². The Balaban J connectivity index is 1.34. The van der Waals surface area contributed by atoms with Gasteiger partial charge in [-0.3, -0.25) is 9.59 Å². The van der Waals surface area contributed by atoms with E-state index in [-0.39, 0.29) is 18.1 Å². The number of aliphatic hydroxyl groups is 4. The highest BCUT2D eigenvalue weighted by atomic mass is 16.8. The number of rotatable bonds is 2. The molecule has 1 spiro atoms. The number of hydrogen-bond acceptors (Lipinski definition) is 12. The molecule has 0 aromatic heterocycles. The minimum atomic E-state index is -2.00. The van der Waals surface area contributed by atoms with Gasteiger partial charge in [0.1, 0.15) is 24.4 Å². The van der Waals surface area contributed by atoms with Crippen molar-refractivity contribution < 1.29 is 58.5 Å². The Morgan fingerprint density at radius 1 is 0.822 bits per heavy atom. The Morgan fingerprint density at radius 3 is 2.07 bits per heavy atom. The molecule has 4 N–H and O–H groups in total. The normalized spacial score (nSPS) is 64.6. The van der Waals surface area contributed by atoms with Crippen molar-refractivity contribution in [3.05, 3.63) is 0 Å². The number of aliphatic hydroxyl groups excluding tert-OH is 3. The number of carbonyl (C=O) groups is 3. The molecule has 45 heavy (non-hydrogen) atoms. The van der Waals surface area contributed by atoms with E-state index in [0.29, 0.717) is 6.42 Å². The van der Waals surface area contributed by atoms with Gasteiger partial charge >= 0.3 is 17.9 Å². The Morgan fingerprint density at radius 2 is 1.44 bits per heavy atom. The van der Waals surface area contributed by atoms with Gasteiger partial charge in [-0.25, -0.2) is 4.79 Å². The van der Waals surface area contributed by atoms with Gasteiger partial charge in [-0.05, 0) is 61.7 Å². The lowest BCUT2D eigenvalue weighted by molar-refractivity contribution is -0.284. The predicted molar refractivity (Wildman–Crippen MR) is 150 cm³/mol. The van der Waals surface area contributed by atoms with E-state index < -0.39 is 124 Å². The van der Waals surface area contributed by atoms with Crippen molar-refractivity contribution in [2.75, 3.05) is 0 Å². The Labute approximate surface area is 262 Å². The molecule has 8 fully saturated rings. The number of epoxide rings is 2. The molecule has 12 heteroatoms. The van der Waals surface area contributed by atoms with Crippen LogP contribution in [0.1, 0.15) is 61.8 Å². The van der Waals surface area contributed by atoms with Crippen LogP contribution in [-0.4, -0.2) is 98.6 Å². The van der Waals surface area contributed by atoms with Crippen molar-refractivity contribution in [2.24, 2.45) is 63.6 Å².